The quantitative estimate of drug-likeness (QED) is 0.761. The molecule has 0 fully saturated rings. The first-order valence-electron chi connectivity index (χ1n) is 4.24. The molecule has 1 atom stereocenters. The van der Waals surface area contributed by atoms with Crippen LogP contribution in [-0.2, 0) is 0 Å². The Morgan fingerprint density at radius 2 is 2.08 bits per heavy atom. The third-order valence-electron chi connectivity index (χ3n) is 1.74. The Balaban J connectivity index is 2.76. The van der Waals surface area contributed by atoms with Gasteiger partial charge in [-0.3, -0.25) is 4.98 Å². The summed E-state index contributed by atoms with van der Waals surface area (Å²) in [7, 11) is 2.02. The Labute approximate surface area is 87.3 Å². The van der Waals surface area contributed by atoms with Crippen LogP contribution in [0.25, 0.3) is 0 Å². The summed E-state index contributed by atoms with van der Waals surface area (Å²) in [5.41, 5.74) is 0.971. The Bertz CT molecular complexity index is 275. The number of anilines is 1. The monoisotopic (exact) mass is 243 g/mol. The normalized spacial score (nSPS) is 12.6. The maximum atomic E-state index is 4.27. The SMILES string of the molecule is Cc1nccnc1N(C)CC(C)Br. The third kappa shape index (κ3) is 2.95. The molecule has 13 heavy (non-hydrogen) atoms. The molecule has 1 aromatic heterocycles. The highest BCUT2D eigenvalue weighted by Gasteiger charge is 2.07. The van der Waals surface area contributed by atoms with Crippen molar-refractivity contribution < 1.29 is 0 Å². The standard InChI is InChI=1S/C9H14BrN3/c1-7(10)6-13(3)9-8(2)11-4-5-12-9/h4-5,7H,6H2,1-3H3. The van der Waals surface area contributed by atoms with Gasteiger partial charge in [0.25, 0.3) is 0 Å². The van der Waals surface area contributed by atoms with Crippen molar-refractivity contribution in [3.63, 3.8) is 0 Å². The highest BCUT2D eigenvalue weighted by Crippen LogP contribution is 2.13. The summed E-state index contributed by atoms with van der Waals surface area (Å²) in [6.45, 7) is 5.01. The van der Waals surface area contributed by atoms with Crippen molar-refractivity contribution in [1.82, 2.24) is 9.97 Å². The van der Waals surface area contributed by atoms with Gasteiger partial charge in [-0.15, -0.1) is 0 Å². The first kappa shape index (κ1) is 10.4. The Morgan fingerprint density at radius 1 is 1.46 bits per heavy atom. The van der Waals surface area contributed by atoms with Gasteiger partial charge >= 0.3 is 0 Å². The van der Waals surface area contributed by atoms with E-state index in [2.05, 4.69) is 37.7 Å². The van der Waals surface area contributed by atoms with Gasteiger partial charge in [0.2, 0.25) is 0 Å². The maximum absolute atomic E-state index is 4.27. The van der Waals surface area contributed by atoms with Gasteiger partial charge < -0.3 is 4.90 Å². The van der Waals surface area contributed by atoms with Gasteiger partial charge in [0.05, 0.1) is 5.69 Å². The van der Waals surface area contributed by atoms with E-state index in [4.69, 9.17) is 0 Å². The Hall–Kier alpha value is -0.640. The van der Waals surface area contributed by atoms with E-state index in [1.165, 1.54) is 0 Å². The fraction of sp³-hybridized carbons (Fsp3) is 0.556. The summed E-state index contributed by atoms with van der Waals surface area (Å²) in [4.78, 5) is 11.0. The molecule has 0 aromatic carbocycles. The molecule has 0 spiro atoms. The number of rotatable bonds is 3. The number of nitrogens with zero attached hydrogens (tertiary/aromatic N) is 3. The van der Waals surface area contributed by atoms with E-state index in [9.17, 15) is 0 Å². The van der Waals surface area contributed by atoms with Gasteiger partial charge in [-0.1, -0.05) is 22.9 Å². The number of hydrogen-bond donors (Lipinski definition) is 0. The molecule has 4 heteroatoms. The van der Waals surface area contributed by atoms with Gasteiger partial charge in [0.15, 0.2) is 0 Å². The van der Waals surface area contributed by atoms with E-state index in [1.807, 2.05) is 14.0 Å². The van der Waals surface area contributed by atoms with Crippen LogP contribution in [0.2, 0.25) is 0 Å². The van der Waals surface area contributed by atoms with Crippen molar-refractivity contribution in [2.45, 2.75) is 18.7 Å². The second kappa shape index (κ2) is 4.56. The lowest BCUT2D eigenvalue weighted by molar-refractivity contribution is 0.847. The van der Waals surface area contributed by atoms with Crippen molar-refractivity contribution in [3.8, 4) is 0 Å². The van der Waals surface area contributed by atoms with Gasteiger partial charge in [0, 0.05) is 30.8 Å². The van der Waals surface area contributed by atoms with Crippen LogP contribution >= 0.6 is 15.9 Å². The lowest BCUT2D eigenvalue weighted by atomic mass is 10.4. The van der Waals surface area contributed by atoms with E-state index in [0.29, 0.717) is 4.83 Å². The maximum Gasteiger partial charge on any atom is 0.149 e. The molecule has 72 valence electrons. The van der Waals surface area contributed by atoms with E-state index in [1.54, 1.807) is 12.4 Å². The van der Waals surface area contributed by atoms with Crippen LogP contribution in [0.4, 0.5) is 5.82 Å². The van der Waals surface area contributed by atoms with Crippen LogP contribution < -0.4 is 4.90 Å². The second-order valence-corrected chi connectivity index (χ2v) is 4.69. The van der Waals surface area contributed by atoms with Crippen molar-refractivity contribution >= 4 is 21.7 Å². The summed E-state index contributed by atoms with van der Waals surface area (Å²) >= 11 is 3.51. The Kier molecular flexibility index (Phi) is 3.66. The topological polar surface area (TPSA) is 29.0 Å². The highest BCUT2D eigenvalue weighted by atomic mass is 79.9. The summed E-state index contributed by atoms with van der Waals surface area (Å²) < 4.78 is 0. The molecule has 0 saturated carbocycles. The Morgan fingerprint density at radius 3 is 2.62 bits per heavy atom. The number of halogens is 1. The number of alkyl halides is 1. The van der Waals surface area contributed by atoms with Crippen molar-refractivity contribution in [3.05, 3.63) is 18.1 Å². The van der Waals surface area contributed by atoms with Crippen LogP contribution in [0.3, 0.4) is 0 Å². The largest absolute Gasteiger partial charge is 0.357 e. The van der Waals surface area contributed by atoms with Gasteiger partial charge in [-0.2, -0.15) is 0 Å². The summed E-state index contributed by atoms with van der Waals surface area (Å²) in [5.74, 6) is 0.953. The molecule has 1 unspecified atom stereocenters. The minimum absolute atomic E-state index is 0.457. The minimum atomic E-state index is 0.457. The van der Waals surface area contributed by atoms with Crippen LogP contribution in [0.15, 0.2) is 12.4 Å². The summed E-state index contributed by atoms with van der Waals surface area (Å²) in [6.07, 6.45) is 3.43. The van der Waals surface area contributed by atoms with Crippen LogP contribution in [-0.4, -0.2) is 28.4 Å². The van der Waals surface area contributed by atoms with E-state index >= 15 is 0 Å². The molecule has 1 rings (SSSR count). The molecule has 0 aliphatic carbocycles. The molecule has 0 aliphatic heterocycles. The number of aryl methyl sites for hydroxylation is 1. The van der Waals surface area contributed by atoms with E-state index < -0.39 is 0 Å². The molecule has 0 N–H and O–H groups in total. The van der Waals surface area contributed by atoms with Gasteiger partial charge in [0.1, 0.15) is 5.82 Å². The molecule has 1 heterocycles. The zero-order valence-electron chi connectivity index (χ0n) is 8.16. The van der Waals surface area contributed by atoms with E-state index in [-0.39, 0.29) is 0 Å². The minimum Gasteiger partial charge on any atom is -0.357 e. The highest BCUT2D eigenvalue weighted by molar-refractivity contribution is 9.09. The van der Waals surface area contributed by atoms with E-state index in [0.717, 1.165) is 18.1 Å². The third-order valence-corrected chi connectivity index (χ3v) is 2.03. The summed E-state index contributed by atoms with van der Waals surface area (Å²) in [5, 5.41) is 0. The smallest absolute Gasteiger partial charge is 0.149 e. The first-order chi connectivity index (χ1) is 6.11. The average molecular weight is 244 g/mol. The molecular formula is C9H14BrN3. The van der Waals surface area contributed by atoms with Crippen molar-refractivity contribution in [1.29, 1.82) is 0 Å². The second-order valence-electron chi connectivity index (χ2n) is 3.13. The lowest BCUT2D eigenvalue weighted by Crippen LogP contribution is -2.25. The zero-order chi connectivity index (χ0) is 9.84. The lowest BCUT2D eigenvalue weighted by Gasteiger charge is -2.20. The van der Waals surface area contributed by atoms with Crippen molar-refractivity contribution in [2.24, 2.45) is 0 Å². The molecule has 0 amide bonds. The zero-order valence-corrected chi connectivity index (χ0v) is 9.74. The fourth-order valence-corrected chi connectivity index (χ4v) is 1.67. The first-order valence-corrected chi connectivity index (χ1v) is 5.15. The van der Waals surface area contributed by atoms with Crippen LogP contribution in [0, 0.1) is 6.92 Å². The van der Waals surface area contributed by atoms with Gasteiger partial charge in [-0.25, -0.2) is 4.98 Å². The predicted molar refractivity (Wildman–Crippen MR) is 58.4 cm³/mol. The molecule has 0 aliphatic rings. The average Bonchev–Trinajstić information content (AvgIpc) is 2.03. The fourth-order valence-electron chi connectivity index (χ4n) is 1.24. The molecule has 0 bridgehead atoms. The van der Waals surface area contributed by atoms with Crippen LogP contribution in [0.5, 0.6) is 0 Å². The van der Waals surface area contributed by atoms with Gasteiger partial charge in [-0.05, 0) is 6.92 Å². The molecule has 3 nitrogen and oxygen atoms in total. The summed E-state index contributed by atoms with van der Waals surface area (Å²) in [6, 6.07) is 0. The van der Waals surface area contributed by atoms with Crippen LogP contribution in [0.1, 0.15) is 12.6 Å². The molecule has 0 radical (unpaired) electrons. The number of aromatic nitrogens is 2. The molecule has 0 saturated heterocycles. The molecular weight excluding hydrogens is 230 g/mol. The molecule has 1 aromatic rings. The number of hydrogen-bond acceptors (Lipinski definition) is 3. The van der Waals surface area contributed by atoms with Crippen molar-refractivity contribution in [2.75, 3.05) is 18.5 Å². The predicted octanol–water partition coefficient (Wildman–Crippen LogP) is 2.00.